The second-order valence-corrected chi connectivity index (χ2v) is 9.06. The third kappa shape index (κ3) is 3.68. The van der Waals surface area contributed by atoms with Crippen molar-refractivity contribution in [3.05, 3.63) is 53.2 Å². The number of para-hydroxylation sites is 1. The smallest absolute Gasteiger partial charge is 0.246 e. The molecule has 1 N–H and O–H groups in total. The molecule has 0 aliphatic carbocycles. The molecule has 2 amide bonds. The fraction of sp³-hybridized carbons (Fsp3) is 0.407. The van der Waals surface area contributed by atoms with Crippen LogP contribution in [0.5, 0.6) is 17.2 Å². The van der Waals surface area contributed by atoms with Crippen molar-refractivity contribution in [1.82, 2.24) is 14.8 Å². The van der Waals surface area contributed by atoms with Crippen molar-refractivity contribution >= 4 is 22.7 Å². The third-order valence-electron chi connectivity index (χ3n) is 7.13. The number of H-pyrrole nitrogens is 1. The number of carbonyl (C=O) groups is 2. The van der Waals surface area contributed by atoms with Crippen LogP contribution < -0.4 is 14.2 Å². The van der Waals surface area contributed by atoms with E-state index in [1.165, 1.54) is 0 Å². The van der Waals surface area contributed by atoms with Crippen LogP contribution in [0, 0.1) is 0 Å². The van der Waals surface area contributed by atoms with Gasteiger partial charge in [-0.3, -0.25) is 9.59 Å². The molecule has 0 bridgehead atoms. The number of nitrogens with one attached hydrogen (secondary N) is 1. The van der Waals surface area contributed by atoms with Crippen molar-refractivity contribution in [2.24, 2.45) is 0 Å². The number of benzene rings is 2. The number of unbranched alkanes of at least 4 members (excludes halogenated alkanes) is 1. The van der Waals surface area contributed by atoms with E-state index in [4.69, 9.17) is 14.2 Å². The van der Waals surface area contributed by atoms with E-state index in [0.29, 0.717) is 30.2 Å². The number of aromatic amines is 1. The molecule has 5 rings (SSSR count). The summed E-state index contributed by atoms with van der Waals surface area (Å²) in [4.78, 5) is 34.3. The van der Waals surface area contributed by atoms with Gasteiger partial charge >= 0.3 is 0 Å². The van der Waals surface area contributed by atoms with Crippen molar-refractivity contribution in [2.75, 3.05) is 34.4 Å². The maximum Gasteiger partial charge on any atom is 0.246 e. The van der Waals surface area contributed by atoms with Gasteiger partial charge in [0.05, 0.1) is 33.9 Å². The molecule has 8 nitrogen and oxygen atoms in total. The normalized spacial score (nSPS) is 19.5. The van der Waals surface area contributed by atoms with Gasteiger partial charge in [0, 0.05) is 29.6 Å². The lowest BCUT2D eigenvalue weighted by molar-refractivity contribution is -0.158. The molecule has 2 aromatic carbocycles. The molecule has 0 saturated carbocycles. The van der Waals surface area contributed by atoms with Crippen molar-refractivity contribution in [2.45, 2.75) is 38.3 Å². The monoisotopic (exact) mass is 477 g/mol. The van der Waals surface area contributed by atoms with Crippen LogP contribution >= 0.6 is 0 Å². The van der Waals surface area contributed by atoms with Gasteiger partial charge in [0.1, 0.15) is 6.04 Å². The van der Waals surface area contributed by atoms with Gasteiger partial charge in [0.2, 0.25) is 17.6 Å². The van der Waals surface area contributed by atoms with Gasteiger partial charge in [-0.1, -0.05) is 31.5 Å². The number of aromatic nitrogens is 1. The SMILES string of the molecule is CCCCN1CC(=O)N2C(c3cc(OC)c(OC)c(OC)c3)c3[nH]c4ccccc4c3C[C@H]2C1=O. The minimum atomic E-state index is -0.566. The molecule has 2 aliphatic rings. The zero-order valence-corrected chi connectivity index (χ0v) is 20.6. The molecule has 184 valence electrons. The van der Waals surface area contributed by atoms with Crippen LogP contribution in [0.3, 0.4) is 0 Å². The number of rotatable bonds is 7. The second-order valence-electron chi connectivity index (χ2n) is 9.06. The van der Waals surface area contributed by atoms with Gasteiger partial charge in [0.25, 0.3) is 0 Å². The quantitative estimate of drug-likeness (QED) is 0.561. The summed E-state index contributed by atoms with van der Waals surface area (Å²) < 4.78 is 16.7. The van der Waals surface area contributed by atoms with Crippen LogP contribution in [0.4, 0.5) is 0 Å². The predicted octanol–water partition coefficient (Wildman–Crippen LogP) is 3.68. The van der Waals surface area contributed by atoms with Crippen molar-refractivity contribution < 1.29 is 23.8 Å². The van der Waals surface area contributed by atoms with Crippen LogP contribution in [0.1, 0.15) is 42.6 Å². The second kappa shape index (κ2) is 9.17. The summed E-state index contributed by atoms with van der Waals surface area (Å²) in [5.74, 6) is 1.43. The van der Waals surface area contributed by atoms with Gasteiger partial charge in [-0.15, -0.1) is 0 Å². The third-order valence-corrected chi connectivity index (χ3v) is 7.13. The summed E-state index contributed by atoms with van der Waals surface area (Å²) in [6, 6.07) is 10.7. The summed E-state index contributed by atoms with van der Waals surface area (Å²) in [6.45, 7) is 2.77. The summed E-state index contributed by atoms with van der Waals surface area (Å²) in [6.07, 6.45) is 2.32. The number of hydrogen-bond acceptors (Lipinski definition) is 5. The Morgan fingerprint density at radius 1 is 1.03 bits per heavy atom. The largest absolute Gasteiger partial charge is 0.493 e. The van der Waals surface area contributed by atoms with Crippen molar-refractivity contribution in [3.63, 3.8) is 0 Å². The number of piperazine rings is 1. The molecule has 3 heterocycles. The summed E-state index contributed by atoms with van der Waals surface area (Å²) in [5, 5.41) is 1.07. The predicted molar refractivity (Wildman–Crippen MR) is 132 cm³/mol. The standard InChI is InChI=1S/C27H31N3O5/c1-5-6-11-29-15-23(31)30-20(27(29)32)14-18-17-9-7-8-10-19(17)28-24(18)25(30)16-12-21(33-2)26(35-4)22(13-16)34-3/h7-10,12-13,20,25,28H,5-6,11,14-15H2,1-4H3/t20-,25?/m0/s1. The van der Waals surface area contributed by atoms with E-state index in [1.807, 2.05) is 30.3 Å². The topological polar surface area (TPSA) is 84.1 Å². The van der Waals surface area contributed by atoms with Crippen LogP contribution in [-0.2, 0) is 16.0 Å². The Labute approximate surface area is 204 Å². The fourth-order valence-corrected chi connectivity index (χ4v) is 5.47. The lowest BCUT2D eigenvalue weighted by Crippen LogP contribution is -2.63. The Morgan fingerprint density at radius 3 is 2.40 bits per heavy atom. The minimum Gasteiger partial charge on any atom is -0.493 e. The Bertz CT molecular complexity index is 1260. The number of fused-ring (bicyclic) bond motifs is 4. The number of ether oxygens (including phenoxy) is 3. The lowest BCUT2D eigenvalue weighted by atomic mass is 9.86. The van der Waals surface area contributed by atoms with Crippen LogP contribution in [0.15, 0.2) is 36.4 Å². The van der Waals surface area contributed by atoms with Gasteiger partial charge in [-0.25, -0.2) is 0 Å². The number of hydrogen-bond donors (Lipinski definition) is 1. The highest BCUT2D eigenvalue weighted by molar-refractivity contribution is 5.97. The molecule has 3 aromatic rings. The van der Waals surface area contributed by atoms with Crippen molar-refractivity contribution in [1.29, 1.82) is 0 Å². The Kier molecular flexibility index (Phi) is 6.05. The fourth-order valence-electron chi connectivity index (χ4n) is 5.47. The molecule has 1 saturated heterocycles. The molecular weight excluding hydrogens is 446 g/mol. The summed E-state index contributed by atoms with van der Waals surface area (Å²) in [7, 11) is 4.70. The van der Waals surface area contributed by atoms with E-state index in [0.717, 1.165) is 40.6 Å². The first-order valence-corrected chi connectivity index (χ1v) is 12.0. The lowest BCUT2D eigenvalue weighted by Gasteiger charge is -2.47. The highest BCUT2D eigenvalue weighted by Gasteiger charge is 2.48. The van der Waals surface area contributed by atoms with Crippen LogP contribution in [-0.4, -0.2) is 67.1 Å². The maximum absolute atomic E-state index is 13.7. The van der Waals surface area contributed by atoms with E-state index < -0.39 is 12.1 Å². The van der Waals surface area contributed by atoms with E-state index in [9.17, 15) is 9.59 Å². The van der Waals surface area contributed by atoms with Gasteiger partial charge in [-0.05, 0) is 35.7 Å². The molecule has 1 unspecified atom stereocenters. The minimum absolute atomic E-state index is 0.00595. The average Bonchev–Trinajstić information content (AvgIpc) is 3.26. The number of nitrogens with zero attached hydrogens (tertiary/aromatic N) is 2. The average molecular weight is 478 g/mol. The first-order valence-electron chi connectivity index (χ1n) is 12.0. The number of carbonyl (C=O) groups excluding carboxylic acids is 2. The van der Waals surface area contributed by atoms with E-state index in [1.54, 1.807) is 31.1 Å². The molecular formula is C27H31N3O5. The zero-order valence-electron chi connectivity index (χ0n) is 20.6. The van der Waals surface area contributed by atoms with E-state index in [-0.39, 0.29) is 18.4 Å². The number of amides is 2. The first kappa shape index (κ1) is 23.1. The van der Waals surface area contributed by atoms with Crippen molar-refractivity contribution in [3.8, 4) is 17.2 Å². The van der Waals surface area contributed by atoms with Crippen LogP contribution in [0.2, 0.25) is 0 Å². The zero-order chi connectivity index (χ0) is 24.7. The molecule has 2 atom stereocenters. The molecule has 1 aromatic heterocycles. The Hall–Kier alpha value is -3.68. The summed E-state index contributed by atoms with van der Waals surface area (Å²) in [5.41, 5.74) is 3.76. The van der Waals surface area contributed by atoms with Crippen LogP contribution in [0.25, 0.3) is 10.9 Å². The molecule has 0 radical (unpaired) electrons. The van der Waals surface area contributed by atoms with E-state index in [2.05, 4.69) is 18.0 Å². The number of methoxy groups -OCH3 is 3. The summed E-state index contributed by atoms with van der Waals surface area (Å²) >= 11 is 0. The molecule has 2 aliphatic heterocycles. The highest BCUT2D eigenvalue weighted by atomic mass is 16.5. The van der Waals surface area contributed by atoms with Gasteiger partial charge in [-0.2, -0.15) is 0 Å². The maximum atomic E-state index is 13.7. The Balaban J connectivity index is 1.71. The highest BCUT2D eigenvalue weighted by Crippen LogP contribution is 2.46. The van der Waals surface area contributed by atoms with Gasteiger partial charge in [0.15, 0.2) is 11.5 Å². The Morgan fingerprint density at radius 2 is 1.74 bits per heavy atom. The first-order chi connectivity index (χ1) is 17.0. The molecule has 0 spiro atoms. The van der Waals surface area contributed by atoms with Gasteiger partial charge < -0.3 is 29.0 Å². The molecule has 1 fully saturated rings. The van der Waals surface area contributed by atoms with E-state index >= 15 is 0 Å². The molecule has 35 heavy (non-hydrogen) atoms. The molecule has 8 heteroatoms.